The Morgan fingerprint density at radius 3 is 2.82 bits per heavy atom. The smallest absolute Gasteiger partial charge is 0.270 e. The largest absolute Gasteiger partial charge is 0.420 e. The van der Waals surface area contributed by atoms with Crippen LogP contribution in [0.15, 0.2) is 46.9 Å². The molecule has 3 fully saturated rings. The van der Waals surface area contributed by atoms with Crippen LogP contribution in [-0.2, 0) is 5.41 Å². The quantitative estimate of drug-likeness (QED) is 0.553. The van der Waals surface area contributed by atoms with Crippen molar-refractivity contribution in [2.24, 2.45) is 11.8 Å². The summed E-state index contributed by atoms with van der Waals surface area (Å²) in [4.78, 5) is 17.7. The molecule has 1 aromatic carbocycles. The molecule has 7 heteroatoms. The van der Waals surface area contributed by atoms with E-state index in [0.29, 0.717) is 34.3 Å². The number of benzene rings is 1. The minimum atomic E-state index is -0.247. The van der Waals surface area contributed by atoms with Gasteiger partial charge in [-0.1, -0.05) is 30.5 Å². The molecule has 3 aliphatic carbocycles. The standard InChI is InChI=1S/C26H27ClN4O2/c1-16-4-2-6-21(28-16)22(32)29-26-11-3-5-17-12-19(26)14-25(13-17,15-26)24-31-30-23(33-24)18-7-9-20(27)10-8-18/h2,4,6-10,17,19H,3,5,11-15H2,1H3,(H,29,32). The fourth-order valence-corrected chi connectivity index (χ4v) is 6.90. The number of carbonyl (C=O) groups is 1. The van der Waals surface area contributed by atoms with Crippen LogP contribution in [0.2, 0.25) is 5.02 Å². The van der Waals surface area contributed by atoms with E-state index in [0.717, 1.165) is 49.8 Å². The van der Waals surface area contributed by atoms with Gasteiger partial charge in [-0.2, -0.15) is 0 Å². The monoisotopic (exact) mass is 462 g/mol. The topological polar surface area (TPSA) is 80.9 Å². The molecule has 6 rings (SSSR count). The molecule has 2 aromatic heterocycles. The summed E-state index contributed by atoms with van der Waals surface area (Å²) < 4.78 is 6.30. The molecule has 3 saturated carbocycles. The van der Waals surface area contributed by atoms with Gasteiger partial charge in [0.25, 0.3) is 5.91 Å². The number of nitrogens with zero attached hydrogens (tertiary/aromatic N) is 3. The van der Waals surface area contributed by atoms with Gasteiger partial charge in [0.15, 0.2) is 0 Å². The predicted molar refractivity (Wildman–Crippen MR) is 125 cm³/mol. The lowest BCUT2D eigenvalue weighted by Crippen LogP contribution is -2.51. The van der Waals surface area contributed by atoms with Gasteiger partial charge in [-0.05, 0) is 87.3 Å². The second-order valence-electron chi connectivity index (χ2n) is 10.2. The average Bonchev–Trinajstić information content (AvgIpc) is 3.34. The first-order chi connectivity index (χ1) is 15.9. The van der Waals surface area contributed by atoms with Gasteiger partial charge in [0.2, 0.25) is 11.8 Å². The molecule has 0 spiro atoms. The SMILES string of the molecule is Cc1cccc(C(=O)NC23CCCC4CC2CC(c2nnc(-c5ccc(Cl)cc5)o2)(C4)C3)n1. The minimum absolute atomic E-state index is 0.0766. The second kappa shape index (κ2) is 7.66. The van der Waals surface area contributed by atoms with Crippen molar-refractivity contribution < 1.29 is 9.21 Å². The van der Waals surface area contributed by atoms with Crippen molar-refractivity contribution in [3.05, 3.63) is 64.8 Å². The summed E-state index contributed by atoms with van der Waals surface area (Å²) in [6, 6.07) is 13.1. The summed E-state index contributed by atoms with van der Waals surface area (Å²) >= 11 is 6.03. The summed E-state index contributed by atoms with van der Waals surface area (Å²) in [5.74, 6) is 2.21. The van der Waals surface area contributed by atoms with Crippen LogP contribution >= 0.6 is 11.6 Å². The molecular weight excluding hydrogens is 436 g/mol. The summed E-state index contributed by atoms with van der Waals surface area (Å²) in [6.07, 6.45) is 7.35. The normalized spacial score (nSPS) is 30.2. The third-order valence-electron chi connectivity index (χ3n) is 8.06. The van der Waals surface area contributed by atoms with Crippen LogP contribution in [0.5, 0.6) is 0 Å². The Morgan fingerprint density at radius 1 is 1.15 bits per heavy atom. The number of halogens is 1. The van der Waals surface area contributed by atoms with Crippen molar-refractivity contribution in [1.82, 2.24) is 20.5 Å². The molecule has 3 aromatic rings. The third-order valence-corrected chi connectivity index (χ3v) is 8.31. The number of aryl methyl sites for hydroxylation is 1. The van der Waals surface area contributed by atoms with Gasteiger partial charge < -0.3 is 9.73 Å². The molecular formula is C26H27ClN4O2. The van der Waals surface area contributed by atoms with Crippen LogP contribution in [0.1, 0.15) is 67.0 Å². The Morgan fingerprint density at radius 2 is 2.00 bits per heavy atom. The van der Waals surface area contributed by atoms with Crippen LogP contribution in [-0.4, -0.2) is 26.6 Å². The molecule has 3 bridgehead atoms. The Bertz CT molecular complexity index is 1210. The predicted octanol–water partition coefficient (Wildman–Crippen LogP) is 5.50. The lowest BCUT2D eigenvalue weighted by Gasteiger charge is -2.35. The number of aromatic nitrogens is 3. The molecule has 33 heavy (non-hydrogen) atoms. The fraction of sp³-hybridized carbons (Fsp3) is 0.462. The van der Waals surface area contributed by atoms with Gasteiger partial charge in [-0.3, -0.25) is 4.79 Å². The number of pyridine rings is 1. The van der Waals surface area contributed by atoms with Gasteiger partial charge in [0, 0.05) is 21.8 Å². The lowest BCUT2D eigenvalue weighted by atomic mass is 9.69. The number of fused-ring (bicyclic) bond motifs is 2. The van der Waals surface area contributed by atoms with E-state index < -0.39 is 0 Å². The number of hydrogen-bond acceptors (Lipinski definition) is 5. The highest BCUT2D eigenvalue weighted by Gasteiger charge is 2.62. The zero-order chi connectivity index (χ0) is 22.6. The first-order valence-electron chi connectivity index (χ1n) is 11.8. The lowest BCUT2D eigenvalue weighted by molar-refractivity contribution is 0.0856. The summed E-state index contributed by atoms with van der Waals surface area (Å²) in [6.45, 7) is 1.91. The molecule has 170 valence electrons. The number of nitrogens with one attached hydrogen (secondary N) is 1. The minimum Gasteiger partial charge on any atom is -0.420 e. The van der Waals surface area contributed by atoms with E-state index in [4.69, 9.17) is 16.0 Å². The zero-order valence-electron chi connectivity index (χ0n) is 18.7. The van der Waals surface area contributed by atoms with E-state index in [1.165, 1.54) is 6.42 Å². The Balaban J connectivity index is 1.33. The van der Waals surface area contributed by atoms with Crippen molar-refractivity contribution in [3.8, 4) is 11.5 Å². The molecule has 2 heterocycles. The highest BCUT2D eigenvalue weighted by Crippen LogP contribution is 2.62. The maximum Gasteiger partial charge on any atom is 0.270 e. The van der Waals surface area contributed by atoms with Crippen molar-refractivity contribution in [2.75, 3.05) is 0 Å². The second-order valence-corrected chi connectivity index (χ2v) is 10.7. The maximum absolute atomic E-state index is 13.3. The summed E-state index contributed by atoms with van der Waals surface area (Å²) in [5.41, 5.74) is 1.78. The van der Waals surface area contributed by atoms with E-state index in [2.05, 4.69) is 20.5 Å². The van der Waals surface area contributed by atoms with E-state index in [9.17, 15) is 4.79 Å². The first kappa shape index (κ1) is 20.8. The van der Waals surface area contributed by atoms with Crippen LogP contribution in [0.3, 0.4) is 0 Å². The van der Waals surface area contributed by atoms with Gasteiger partial charge in [0.1, 0.15) is 5.69 Å². The van der Waals surface area contributed by atoms with Gasteiger partial charge in [-0.15, -0.1) is 10.2 Å². The summed E-state index contributed by atoms with van der Waals surface area (Å²) in [7, 11) is 0. The van der Waals surface area contributed by atoms with Crippen LogP contribution in [0, 0.1) is 18.8 Å². The van der Waals surface area contributed by atoms with Crippen molar-refractivity contribution >= 4 is 17.5 Å². The van der Waals surface area contributed by atoms with E-state index in [1.54, 1.807) is 6.07 Å². The van der Waals surface area contributed by atoms with Crippen molar-refractivity contribution in [3.63, 3.8) is 0 Å². The number of carbonyl (C=O) groups excluding carboxylic acids is 1. The van der Waals surface area contributed by atoms with Crippen LogP contribution in [0.25, 0.3) is 11.5 Å². The zero-order valence-corrected chi connectivity index (χ0v) is 19.4. The highest BCUT2D eigenvalue weighted by atomic mass is 35.5. The van der Waals surface area contributed by atoms with Crippen LogP contribution in [0.4, 0.5) is 0 Å². The molecule has 6 nitrogen and oxygen atoms in total. The molecule has 4 unspecified atom stereocenters. The van der Waals surface area contributed by atoms with E-state index in [-0.39, 0.29) is 16.9 Å². The van der Waals surface area contributed by atoms with Crippen molar-refractivity contribution in [1.29, 1.82) is 0 Å². The van der Waals surface area contributed by atoms with Crippen LogP contribution < -0.4 is 5.32 Å². The molecule has 1 N–H and O–H groups in total. The number of hydrogen-bond donors (Lipinski definition) is 1. The van der Waals surface area contributed by atoms with Gasteiger partial charge in [0.05, 0.1) is 5.41 Å². The number of amides is 1. The molecule has 1 amide bonds. The molecule has 3 aliphatic rings. The fourth-order valence-electron chi connectivity index (χ4n) is 6.77. The van der Waals surface area contributed by atoms with Gasteiger partial charge >= 0.3 is 0 Å². The molecule has 4 atom stereocenters. The molecule has 0 aliphatic heterocycles. The van der Waals surface area contributed by atoms with E-state index in [1.807, 2.05) is 43.3 Å². The Labute approximate surface area is 198 Å². The average molecular weight is 463 g/mol. The molecule has 0 saturated heterocycles. The van der Waals surface area contributed by atoms with Crippen molar-refractivity contribution in [2.45, 2.75) is 62.8 Å². The van der Waals surface area contributed by atoms with Gasteiger partial charge in [-0.25, -0.2) is 4.98 Å². The summed E-state index contributed by atoms with van der Waals surface area (Å²) in [5, 5.41) is 13.1. The molecule has 0 radical (unpaired) electrons. The highest BCUT2D eigenvalue weighted by molar-refractivity contribution is 6.30. The Kier molecular flexibility index (Phi) is 4.84. The third kappa shape index (κ3) is 3.55. The maximum atomic E-state index is 13.3. The Hall–Kier alpha value is -2.73. The number of rotatable bonds is 4. The van der Waals surface area contributed by atoms with E-state index >= 15 is 0 Å². The first-order valence-corrected chi connectivity index (χ1v) is 12.2.